The lowest BCUT2D eigenvalue weighted by molar-refractivity contribution is -0.138. The molecule has 16 heteroatoms. The van der Waals surface area contributed by atoms with Crippen molar-refractivity contribution < 1.29 is 37.8 Å². The molecule has 0 atom stereocenters. The van der Waals surface area contributed by atoms with Crippen LogP contribution < -0.4 is 26.2 Å². The van der Waals surface area contributed by atoms with E-state index < -0.39 is 46.8 Å². The van der Waals surface area contributed by atoms with E-state index in [1.54, 1.807) is 51.7 Å². The van der Waals surface area contributed by atoms with Crippen molar-refractivity contribution in [2.45, 2.75) is 123 Å². The van der Waals surface area contributed by atoms with Crippen LogP contribution in [0.1, 0.15) is 93.1 Å². The maximum absolute atomic E-state index is 15.2. The number of ether oxygens (including phenoxy) is 2. The van der Waals surface area contributed by atoms with E-state index in [0.717, 1.165) is 25.7 Å². The first-order valence-corrected chi connectivity index (χ1v) is 18.0. The average molecular weight is 731 g/mol. The Morgan fingerprint density at radius 3 is 1.98 bits per heavy atom. The maximum Gasteiger partial charge on any atom is 0.408 e. The third-order valence-electron chi connectivity index (χ3n) is 8.86. The minimum atomic E-state index is -1.21. The number of anilines is 1. The van der Waals surface area contributed by atoms with Crippen molar-refractivity contribution in [3.63, 3.8) is 0 Å². The Morgan fingerprint density at radius 1 is 0.827 bits per heavy atom. The number of halogens is 1. The molecule has 288 valence electrons. The number of alkyl carbamates (subject to hydrolysis) is 2. The Morgan fingerprint density at radius 2 is 1.40 bits per heavy atom. The number of carbonyl (C=O) groups excluding carboxylic acids is 5. The zero-order valence-electron chi connectivity index (χ0n) is 31.7. The van der Waals surface area contributed by atoms with Gasteiger partial charge in [0, 0.05) is 69.0 Å². The van der Waals surface area contributed by atoms with Gasteiger partial charge >= 0.3 is 24.2 Å². The number of amidine groups is 1. The fourth-order valence-electron chi connectivity index (χ4n) is 6.22. The van der Waals surface area contributed by atoms with Gasteiger partial charge in [-0.15, -0.1) is 0 Å². The monoisotopic (exact) mass is 730 g/mol. The first-order valence-electron chi connectivity index (χ1n) is 18.0. The van der Waals surface area contributed by atoms with Crippen molar-refractivity contribution in [1.82, 2.24) is 31.1 Å². The molecule has 0 spiro atoms. The lowest BCUT2D eigenvalue weighted by atomic mass is 9.91. The molecule has 2 fully saturated rings. The fourth-order valence-corrected chi connectivity index (χ4v) is 6.22. The number of aliphatic imine (C=N–C) groups is 1. The normalized spacial score (nSPS) is 20.1. The van der Waals surface area contributed by atoms with Crippen LogP contribution in [0.2, 0.25) is 0 Å². The number of nitrogens with one attached hydrogen (secondary N) is 4. The summed E-state index contributed by atoms with van der Waals surface area (Å²) in [6, 6.07) is 3.85. The highest BCUT2D eigenvalue weighted by molar-refractivity contribution is 6.08. The minimum Gasteiger partial charge on any atom is -0.444 e. The molecular formula is C36H55FN8O7. The highest BCUT2D eigenvalue weighted by Gasteiger charge is 2.37. The molecule has 52 heavy (non-hydrogen) atoms. The lowest BCUT2D eigenvalue weighted by Gasteiger charge is -2.39. The second kappa shape index (κ2) is 16.5. The Hall–Kier alpha value is -4.47. The Balaban J connectivity index is 1.20. The van der Waals surface area contributed by atoms with Gasteiger partial charge in [-0.1, -0.05) is 6.07 Å². The summed E-state index contributed by atoms with van der Waals surface area (Å²) in [5.74, 6) is -0.525. The van der Waals surface area contributed by atoms with Crippen molar-refractivity contribution >= 4 is 41.7 Å². The summed E-state index contributed by atoms with van der Waals surface area (Å²) in [5.41, 5.74) is -1.61. The summed E-state index contributed by atoms with van der Waals surface area (Å²) in [4.78, 5) is 71.9. The molecule has 1 aromatic carbocycles. The largest absolute Gasteiger partial charge is 0.444 e. The maximum atomic E-state index is 15.2. The van der Waals surface area contributed by atoms with E-state index in [1.807, 2.05) is 20.8 Å². The smallest absolute Gasteiger partial charge is 0.408 e. The molecule has 0 bridgehead atoms. The molecule has 2 heterocycles. The summed E-state index contributed by atoms with van der Waals surface area (Å²) in [6.45, 7) is 15.4. The Kier molecular flexibility index (Phi) is 12.8. The van der Waals surface area contributed by atoms with Crippen LogP contribution in [0.25, 0.3) is 0 Å². The van der Waals surface area contributed by atoms with Crippen LogP contribution in [0.15, 0.2) is 23.2 Å². The van der Waals surface area contributed by atoms with Gasteiger partial charge in [0.2, 0.25) is 5.91 Å². The molecule has 1 aliphatic carbocycles. The summed E-state index contributed by atoms with van der Waals surface area (Å²) in [7, 11) is 0. The second-order valence-electron chi connectivity index (χ2n) is 16.1. The third-order valence-corrected chi connectivity index (χ3v) is 8.86. The van der Waals surface area contributed by atoms with E-state index >= 15 is 4.39 Å². The van der Waals surface area contributed by atoms with E-state index in [2.05, 4.69) is 26.3 Å². The predicted molar refractivity (Wildman–Crippen MR) is 194 cm³/mol. The van der Waals surface area contributed by atoms with Gasteiger partial charge in [0.25, 0.3) is 0 Å². The Bertz CT molecular complexity index is 1520. The topological polar surface area (TPSA) is 174 Å². The zero-order valence-corrected chi connectivity index (χ0v) is 31.7. The molecule has 2 aliphatic heterocycles. The van der Waals surface area contributed by atoms with Crippen LogP contribution in [0.5, 0.6) is 0 Å². The van der Waals surface area contributed by atoms with Crippen LogP contribution in [0.3, 0.4) is 0 Å². The zero-order chi connectivity index (χ0) is 38.4. The first kappa shape index (κ1) is 40.3. The second-order valence-corrected chi connectivity index (χ2v) is 16.1. The highest BCUT2D eigenvalue weighted by Crippen LogP contribution is 2.24. The van der Waals surface area contributed by atoms with Gasteiger partial charge in [0.15, 0.2) is 0 Å². The number of nitrogens with zero attached hydrogens (tertiary/aromatic N) is 4. The third kappa shape index (κ3) is 11.8. The summed E-state index contributed by atoms with van der Waals surface area (Å²) < 4.78 is 25.8. The molecule has 4 rings (SSSR count). The first-order chi connectivity index (χ1) is 24.2. The van der Waals surface area contributed by atoms with Crippen LogP contribution in [-0.4, -0.2) is 107 Å². The fraction of sp³-hybridized carbons (Fsp3) is 0.667. The van der Waals surface area contributed by atoms with Crippen molar-refractivity contribution in [3.05, 3.63) is 29.6 Å². The molecule has 0 unspecified atom stereocenters. The lowest BCUT2D eigenvalue weighted by Crippen LogP contribution is -2.61. The Labute approximate surface area is 305 Å². The van der Waals surface area contributed by atoms with E-state index in [-0.39, 0.29) is 63.0 Å². The van der Waals surface area contributed by atoms with Crippen molar-refractivity contribution in [3.8, 4) is 0 Å². The van der Waals surface area contributed by atoms with Crippen LogP contribution in [0.4, 0.5) is 29.3 Å². The quantitative estimate of drug-likeness (QED) is 0.314. The van der Waals surface area contributed by atoms with Gasteiger partial charge in [0.1, 0.15) is 28.4 Å². The molecule has 1 saturated carbocycles. The van der Waals surface area contributed by atoms with Gasteiger partial charge in [0.05, 0.1) is 0 Å². The number of hydrogen-bond acceptors (Lipinski definition) is 8. The number of rotatable bonds is 7. The van der Waals surface area contributed by atoms with Crippen molar-refractivity contribution in [2.75, 3.05) is 37.6 Å². The number of amides is 7. The number of urea groups is 2. The average Bonchev–Trinajstić information content (AvgIpc) is 3.02. The number of piperazine rings is 1. The van der Waals surface area contributed by atoms with Crippen molar-refractivity contribution in [1.29, 1.82) is 0 Å². The standard InChI is InChI=1S/C36H55FN8O7/c1-34(2,3)51-32(49)39-25-12-10-24(11-13-25)38-22-23-9-14-26(21-27(23)37)45-16-15-28(41-31(45)48)40-30(47)44-19-17-43(18-20-44)29(46)36(7,8)42-33(50)52-35(4,5)6/h9,14,21,24-25,38H,10-13,15-20,22H2,1-8H3,(H,39,49)(H,42,50)(H,40,41,47,48)/t24-,25-. The molecular weight excluding hydrogens is 675 g/mol. The summed E-state index contributed by atoms with van der Waals surface area (Å²) in [5, 5.41) is 11.7. The van der Waals surface area contributed by atoms with E-state index in [9.17, 15) is 24.0 Å². The molecule has 7 amide bonds. The summed E-state index contributed by atoms with van der Waals surface area (Å²) >= 11 is 0. The molecule has 1 saturated heterocycles. The molecule has 0 radical (unpaired) electrons. The van der Waals surface area contributed by atoms with Gasteiger partial charge in [-0.2, -0.15) is 4.99 Å². The highest BCUT2D eigenvalue weighted by atomic mass is 19.1. The van der Waals surface area contributed by atoms with E-state index in [0.29, 0.717) is 17.8 Å². The van der Waals surface area contributed by atoms with Crippen LogP contribution in [-0.2, 0) is 20.8 Å². The van der Waals surface area contributed by atoms with Gasteiger partial charge in [-0.05, 0) is 93.2 Å². The molecule has 4 N–H and O–H groups in total. The molecule has 3 aliphatic rings. The van der Waals surface area contributed by atoms with Crippen LogP contribution >= 0.6 is 0 Å². The van der Waals surface area contributed by atoms with E-state index in [4.69, 9.17) is 9.47 Å². The molecule has 1 aromatic rings. The number of carbonyl (C=O) groups is 5. The predicted octanol–water partition coefficient (Wildman–Crippen LogP) is 4.64. The number of hydrogen-bond donors (Lipinski definition) is 4. The van der Waals surface area contributed by atoms with Crippen molar-refractivity contribution in [2.24, 2.45) is 4.99 Å². The molecule has 0 aromatic heterocycles. The number of benzene rings is 1. The summed E-state index contributed by atoms with van der Waals surface area (Å²) in [6.07, 6.45) is 2.42. The minimum absolute atomic E-state index is 0.0468. The van der Waals surface area contributed by atoms with Gasteiger partial charge in [-0.3, -0.25) is 15.0 Å². The SMILES string of the molecule is CC(C)(C)OC(=O)NC(C)(C)C(=O)N1CCN(C(=O)NC2=NC(=O)N(c3ccc(CN[C@H]4CC[C@H](NC(=O)OC(C)(C)C)CC4)c(F)c3)CC2)CC1. The van der Waals surface area contributed by atoms with Gasteiger partial charge in [-0.25, -0.2) is 23.6 Å². The molecule has 15 nitrogen and oxygen atoms in total. The van der Waals surface area contributed by atoms with E-state index in [1.165, 1.54) is 15.9 Å². The van der Waals surface area contributed by atoms with Gasteiger partial charge < -0.3 is 35.2 Å². The van der Waals surface area contributed by atoms with Crippen LogP contribution in [0, 0.1) is 5.82 Å².